The monoisotopic (exact) mass is 308 g/mol. The van der Waals surface area contributed by atoms with E-state index in [1.807, 2.05) is 26.0 Å². The Morgan fingerprint density at radius 1 is 1.05 bits per heavy atom. The quantitative estimate of drug-likeness (QED) is 0.771. The summed E-state index contributed by atoms with van der Waals surface area (Å²) in [5.74, 6) is -0.443. The first kappa shape index (κ1) is 14.8. The van der Waals surface area contributed by atoms with Crippen LogP contribution in [0, 0.1) is 19.7 Å². The first-order valence-electron chi connectivity index (χ1n) is 6.05. The molecule has 2 aromatic carbocycles. The molecule has 0 radical (unpaired) electrons. The highest BCUT2D eigenvalue weighted by molar-refractivity contribution is 7.80. The Morgan fingerprint density at radius 3 is 2.30 bits per heavy atom. The zero-order chi connectivity index (χ0) is 14.7. The average molecular weight is 309 g/mol. The highest BCUT2D eigenvalue weighted by Gasteiger charge is 2.05. The van der Waals surface area contributed by atoms with Crippen LogP contribution in [0.4, 0.5) is 15.8 Å². The molecule has 0 aliphatic carbocycles. The van der Waals surface area contributed by atoms with Crippen LogP contribution >= 0.6 is 23.8 Å². The van der Waals surface area contributed by atoms with E-state index in [0.717, 1.165) is 16.8 Å². The SMILES string of the molecule is Cc1cc(C)cc(NC(=S)Nc2ccc(Cl)cc2F)c1. The van der Waals surface area contributed by atoms with Crippen LogP contribution in [0.5, 0.6) is 0 Å². The van der Waals surface area contributed by atoms with Gasteiger partial charge in [-0.1, -0.05) is 17.7 Å². The van der Waals surface area contributed by atoms with E-state index in [1.165, 1.54) is 6.07 Å². The predicted molar refractivity (Wildman–Crippen MR) is 87.2 cm³/mol. The number of benzene rings is 2. The highest BCUT2D eigenvalue weighted by Crippen LogP contribution is 2.19. The second-order valence-corrected chi connectivity index (χ2v) is 5.42. The first-order chi connectivity index (χ1) is 9.44. The van der Waals surface area contributed by atoms with E-state index in [2.05, 4.69) is 16.7 Å². The number of thiocarbonyl (C=S) groups is 1. The molecule has 0 aliphatic heterocycles. The fourth-order valence-electron chi connectivity index (χ4n) is 1.92. The summed E-state index contributed by atoms with van der Waals surface area (Å²) >= 11 is 10.9. The highest BCUT2D eigenvalue weighted by atomic mass is 35.5. The van der Waals surface area contributed by atoms with E-state index < -0.39 is 5.82 Å². The summed E-state index contributed by atoms with van der Waals surface area (Å²) in [5.41, 5.74) is 3.42. The van der Waals surface area contributed by atoms with Crippen molar-refractivity contribution in [3.63, 3.8) is 0 Å². The van der Waals surface area contributed by atoms with E-state index in [-0.39, 0.29) is 5.69 Å². The van der Waals surface area contributed by atoms with Crippen LogP contribution in [-0.4, -0.2) is 5.11 Å². The van der Waals surface area contributed by atoms with Crippen LogP contribution in [0.3, 0.4) is 0 Å². The average Bonchev–Trinajstić information content (AvgIpc) is 2.31. The third-order valence-electron chi connectivity index (χ3n) is 2.66. The van der Waals surface area contributed by atoms with Crippen LogP contribution in [0.15, 0.2) is 36.4 Å². The predicted octanol–water partition coefficient (Wildman–Crippen LogP) is 4.90. The van der Waals surface area contributed by atoms with E-state index in [4.69, 9.17) is 23.8 Å². The molecule has 0 saturated carbocycles. The topological polar surface area (TPSA) is 24.1 Å². The zero-order valence-electron chi connectivity index (χ0n) is 11.1. The van der Waals surface area contributed by atoms with Crippen LogP contribution in [0.2, 0.25) is 5.02 Å². The fourth-order valence-corrected chi connectivity index (χ4v) is 2.31. The van der Waals surface area contributed by atoms with Crippen molar-refractivity contribution in [1.82, 2.24) is 0 Å². The molecular formula is C15H14ClFN2S. The fraction of sp³-hybridized carbons (Fsp3) is 0.133. The van der Waals surface area contributed by atoms with Crippen molar-refractivity contribution in [1.29, 1.82) is 0 Å². The van der Waals surface area contributed by atoms with Crippen LogP contribution in [0.25, 0.3) is 0 Å². The second kappa shape index (κ2) is 6.20. The summed E-state index contributed by atoms with van der Waals surface area (Å²) in [5, 5.41) is 6.52. The van der Waals surface area contributed by atoms with Gasteiger partial charge in [-0.3, -0.25) is 0 Å². The molecular weight excluding hydrogens is 295 g/mol. The van der Waals surface area contributed by atoms with Crippen molar-refractivity contribution < 1.29 is 4.39 Å². The Bertz CT molecular complexity index is 638. The third-order valence-corrected chi connectivity index (χ3v) is 3.10. The lowest BCUT2D eigenvalue weighted by molar-refractivity contribution is 0.632. The van der Waals surface area contributed by atoms with Gasteiger partial charge in [-0.2, -0.15) is 0 Å². The molecule has 2 rings (SSSR count). The first-order valence-corrected chi connectivity index (χ1v) is 6.84. The Labute approximate surface area is 128 Å². The van der Waals surface area contributed by atoms with Gasteiger partial charge in [0.25, 0.3) is 0 Å². The molecule has 0 bridgehead atoms. The van der Waals surface area contributed by atoms with Crippen LogP contribution in [-0.2, 0) is 0 Å². The normalized spacial score (nSPS) is 10.2. The van der Waals surface area contributed by atoms with Crippen molar-refractivity contribution in [2.75, 3.05) is 10.6 Å². The number of hydrogen-bond donors (Lipinski definition) is 2. The van der Waals surface area contributed by atoms with Gasteiger partial charge in [0.05, 0.1) is 5.69 Å². The van der Waals surface area contributed by atoms with E-state index >= 15 is 0 Å². The number of halogens is 2. The molecule has 0 aliphatic rings. The van der Waals surface area contributed by atoms with Crippen molar-refractivity contribution >= 4 is 40.3 Å². The second-order valence-electron chi connectivity index (χ2n) is 4.58. The standard InChI is InChI=1S/C15H14ClFN2S/c1-9-5-10(2)7-12(6-9)18-15(20)19-14-4-3-11(16)8-13(14)17/h3-8H,1-2H3,(H2,18,19,20). The Hall–Kier alpha value is -1.65. The van der Waals surface area contributed by atoms with Crippen molar-refractivity contribution in [2.24, 2.45) is 0 Å². The van der Waals surface area contributed by atoms with Gasteiger partial charge < -0.3 is 10.6 Å². The molecule has 0 aromatic heterocycles. The molecule has 20 heavy (non-hydrogen) atoms. The Kier molecular flexibility index (Phi) is 4.57. The molecule has 0 amide bonds. The maximum atomic E-state index is 13.6. The number of aryl methyl sites for hydroxylation is 2. The van der Waals surface area contributed by atoms with E-state index in [0.29, 0.717) is 10.1 Å². The minimum absolute atomic E-state index is 0.288. The number of anilines is 2. The summed E-state index contributed by atoms with van der Waals surface area (Å²) in [7, 11) is 0. The summed E-state index contributed by atoms with van der Waals surface area (Å²) in [4.78, 5) is 0. The molecule has 0 fully saturated rings. The van der Waals surface area contributed by atoms with Gasteiger partial charge in [-0.05, 0) is 67.5 Å². The van der Waals surface area contributed by atoms with Crippen molar-refractivity contribution in [3.05, 3.63) is 58.4 Å². The lowest BCUT2D eigenvalue weighted by Gasteiger charge is -2.12. The summed E-state index contributed by atoms with van der Waals surface area (Å²) in [6.07, 6.45) is 0. The molecule has 0 spiro atoms. The number of nitrogens with one attached hydrogen (secondary N) is 2. The van der Waals surface area contributed by atoms with Crippen molar-refractivity contribution in [3.8, 4) is 0 Å². The van der Waals surface area contributed by atoms with E-state index in [9.17, 15) is 4.39 Å². The minimum atomic E-state index is -0.443. The maximum absolute atomic E-state index is 13.6. The van der Waals surface area contributed by atoms with Crippen molar-refractivity contribution in [2.45, 2.75) is 13.8 Å². The molecule has 2 N–H and O–H groups in total. The summed E-state index contributed by atoms with van der Waals surface area (Å²) < 4.78 is 13.6. The molecule has 2 nitrogen and oxygen atoms in total. The molecule has 104 valence electrons. The Balaban J connectivity index is 2.09. The largest absolute Gasteiger partial charge is 0.332 e. The lowest BCUT2D eigenvalue weighted by atomic mass is 10.1. The molecule has 0 saturated heterocycles. The lowest BCUT2D eigenvalue weighted by Crippen LogP contribution is -2.19. The van der Waals surface area contributed by atoms with Gasteiger partial charge in [0.1, 0.15) is 5.82 Å². The van der Waals surface area contributed by atoms with Crippen LogP contribution in [0.1, 0.15) is 11.1 Å². The van der Waals surface area contributed by atoms with Gasteiger partial charge in [0.2, 0.25) is 0 Å². The number of rotatable bonds is 2. The van der Waals surface area contributed by atoms with Gasteiger partial charge in [-0.25, -0.2) is 4.39 Å². The Morgan fingerprint density at radius 2 is 1.70 bits per heavy atom. The minimum Gasteiger partial charge on any atom is -0.332 e. The molecule has 5 heteroatoms. The van der Waals surface area contributed by atoms with Gasteiger partial charge in [0, 0.05) is 10.7 Å². The molecule has 0 heterocycles. The van der Waals surface area contributed by atoms with Gasteiger partial charge in [-0.15, -0.1) is 0 Å². The van der Waals surface area contributed by atoms with E-state index in [1.54, 1.807) is 12.1 Å². The smallest absolute Gasteiger partial charge is 0.175 e. The van der Waals surface area contributed by atoms with Gasteiger partial charge >= 0.3 is 0 Å². The molecule has 2 aromatic rings. The summed E-state index contributed by atoms with van der Waals surface area (Å²) in [6.45, 7) is 4.01. The van der Waals surface area contributed by atoms with Crippen LogP contribution < -0.4 is 10.6 Å². The van der Waals surface area contributed by atoms with Gasteiger partial charge in [0.15, 0.2) is 5.11 Å². The maximum Gasteiger partial charge on any atom is 0.175 e. The molecule has 0 unspecified atom stereocenters. The third kappa shape index (κ3) is 3.92. The number of hydrogen-bond acceptors (Lipinski definition) is 1. The summed E-state index contributed by atoms with van der Waals surface area (Å²) in [6, 6.07) is 10.4. The zero-order valence-corrected chi connectivity index (χ0v) is 12.7. The molecule has 0 atom stereocenters.